The van der Waals surface area contributed by atoms with Gasteiger partial charge in [0.1, 0.15) is 24.0 Å². The molecule has 0 spiro atoms. The Bertz CT molecular complexity index is 544. The lowest BCUT2D eigenvalue weighted by Crippen LogP contribution is -2.35. The van der Waals surface area contributed by atoms with E-state index in [1.165, 1.54) is 0 Å². The van der Waals surface area contributed by atoms with Gasteiger partial charge in [-0.25, -0.2) is 9.13 Å². The van der Waals surface area contributed by atoms with E-state index in [-0.39, 0.29) is 0 Å². The fraction of sp³-hybridized carbons (Fsp3) is 0.688. The monoisotopic (exact) mass is 341 g/mol. The van der Waals surface area contributed by atoms with Gasteiger partial charge in [-0.15, -0.1) is 0 Å². The second kappa shape index (κ2) is 10.0. The molecule has 0 radical (unpaired) electrons. The summed E-state index contributed by atoms with van der Waals surface area (Å²) in [4.78, 5) is 21.3. The van der Waals surface area contributed by atoms with E-state index in [1.807, 2.05) is 13.3 Å². The molecular formula is C16H29N4O4+. The van der Waals surface area contributed by atoms with Crippen LogP contribution in [-0.2, 0) is 22.7 Å². The van der Waals surface area contributed by atoms with Crippen molar-refractivity contribution in [3.05, 3.63) is 18.2 Å². The highest BCUT2D eigenvalue weighted by atomic mass is 16.4. The third-order valence-corrected chi connectivity index (χ3v) is 4.07. The van der Waals surface area contributed by atoms with Crippen molar-refractivity contribution in [1.29, 1.82) is 0 Å². The zero-order chi connectivity index (χ0) is 18.1. The van der Waals surface area contributed by atoms with E-state index in [0.717, 1.165) is 44.5 Å². The standard InChI is InChI=1S/C16H28N4O4/c1-12-10-19(8-4-2-6-13(17)15(21)22)11-20(12)9-5-3-7-14(18)16(23)24/h10-11,13-14H,2-9,17-18H2,1H3,(H-,21,22,23,24)/p+1/t13-,14-/m0/s1. The summed E-state index contributed by atoms with van der Waals surface area (Å²) in [5.41, 5.74) is 12.1. The van der Waals surface area contributed by atoms with Crippen molar-refractivity contribution >= 4 is 11.9 Å². The van der Waals surface area contributed by atoms with Crippen LogP contribution in [0, 0.1) is 6.92 Å². The van der Waals surface area contributed by atoms with Crippen LogP contribution in [0.4, 0.5) is 0 Å². The molecule has 0 aliphatic carbocycles. The van der Waals surface area contributed by atoms with Crippen molar-refractivity contribution in [1.82, 2.24) is 4.57 Å². The molecule has 1 aromatic heterocycles. The molecule has 2 atom stereocenters. The molecular weight excluding hydrogens is 312 g/mol. The molecule has 0 aromatic carbocycles. The summed E-state index contributed by atoms with van der Waals surface area (Å²) in [6.07, 6.45) is 8.37. The highest BCUT2D eigenvalue weighted by Gasteiger charge is 2.13. The zero-order valence-electron chi connectivity index (χ0n) is 14.2. The second-order valence-electron chi connectivity index (χ2n) is 6.20. The Morgan fingerprint density at radius 3 is 2.17 bits per heavy atom. The van der Waals surface area contributed by atoms with Crippen LogP contribution in [0.1, 0.15) is 44.2 Å². The largest absolute Gasteiger partial charge is 0.480 e. The van der Waals surface area contributed by atoms with Crippen LogP contribution < -0.4 is 16.0 Å². The average molecular weight is 341 g/mol. The summed E-state index contributed by atoms with van der Waals surface area (Å²) in [7, 11) is 0. The number of hydrogen-bond acceptors (Lipinski definition) is 4. The van der Waals surface area contributed by atoms with Gasteiger partial charge in [-0.1, -0.05) is 0 Å². The zero-order valence-corrected chi connectivity index (χ0v) is 14.2. The predicted octanol–water partition coefficient (Wildman–Crippen LogP) is 0.248. The molecule has 8 nitrogen and oxygen atoms in total. The van der Waals surface area contributed by atoms with Crippen molar-refractivity contribution < 1.29 is 24.4 Å². The Labute approximate surface area is 142 Å². The summed E-state index contributed by atoms with van der Waals surface area (Å²) in [6, 6.07) is -1.56. The fourth-order valence-corrected chi connectivity index (χ4v) is 2.53. The number of imidazole rings is 1. The SMILES string of the molecule is Cc1cn(CCCC[C@H](N)C(=O)O)c[n+]1CCCC[C@H](N)C(=O)O. The Morgan fingerprint density at radius 2 is 1.62 bits per heavy atom. The van der Waals surface area contributed by atoms with Gasteiger partial charge in [0.25, 0.3) is 0 Å². The molecule has 0 aliphatic rings. The van der Waals surface area contributed by atoms with E-state index in [4.69, 9.17) is 21.7 Å². The molecule has 0 bridgehead atoms. The summed E-state index contributed by atoms with van der Waals surface area (Å²) in [5.74, 6) is -1.90. The number of rotatable bonds is 12. The molecule has 24 heavy (non-hydrogen) atoms. The van der Waals surface area contributed by atoms with Gasteiger partial charge in [-0.2, -0.15) is 0 Å². The smallest absolute Gasteiger partial charge is 0.320 e. The van der Waals surface area contributed by atoms with Crippen molar-refractivity contribution in [3.8, 4) is 0 Å². The molecule has 0 fully saturated rings. The molecule has 1 heterocycles. The molecule has 136 valence electrons. The van der Waals surface area contributed by atoms with Crippen LogP contribution in [-0.4, -0.2) is 38.8 Å². The van der Waals surface area contributed by atoms with Gasteiger partial charge in [-0.05, 0) is 38.5 Å². The van der Waals surface area contributed by atoms with E-state index in [2.05, 4.69) is 15.3 Å². The molecule has 0 saturated heterocycles. The quantitative estimate of drug-likeness (QED) is 0.318. The fourth-order valence-electron chi connectivity index (χ4n) is 2.53. The molecule has 6 N–H and O–H groups in total. The number of aromatic nitrogens is 2. The lowest BCUT2D eigenvalue weighted by Gasteiger charge is -2.05. The maximum absolute atomic E-state index is 10.7. The Kier molecular flexibility index (Phi) is 8.42. The maximum atomic E-state index is 10.7. The van der Waals surface area contributed by atoms with Crippen molar-refractivity contribution in [2.45, 2.75) is 70.6 Å². The number of carboxylic acids is 2. The highest BCUT2D eigenvalue weighted by Crippen LogP contribution is 2.04. The first-order chi connectivity index (χ1) is 11.3. The number of nitrogens with two attached hydrogens (primary N) is 2. The van der Waals surface area contributed by atoms with Crippen molar-refractivity contribution in [2.24, 2.45) is 11.5 Å². The van der Waals surface area contributed by atoms with E-state index in [9.17, 15) is 9.59 Å². The minimum absolute atomic E-state index is 0.486. The number of hydrogen-bond donors (Lipinski definition) is 4. The van der Waals surface area contributed by atoms with E-state index < -0.39 is 24.0 Å². The van der Waals surface area contributed by atoms with Gasteiger partial charge < -0.3 is 21.7 Å². The van der Waals surface area contributed by atoms with E-state index in [1.54, 1.807) is 0 Å². The molecule has 1 aromatic rings. The Balaban J connectivity index is 2.29. The average Bonchev–Trinajstić information content (AvgIpc) is 2.87. The van der Waals surface area contributed by atoms with Crippen LogP contribution in [0.5, 0.6) is 0 Å². The maximum Gasteiger partial charge on any atom is 0.320 e. The van der Waals surface area contributed by atoms with Gasteiger partial charge >= 0.3 is 11.9 Å². The normalized spacial score (nSPS) is 13.6. The number of aryl methyl sites for hydroxylation is 3. The molecule has 0 amide bonds. The van der Waals surface area contributed by atoms with E-state index in [0.29, 0.717) is 12.8 Å². The minimum Gasteiger partial charge on any atom is -0.480 e. The lowest BCUT2D eigenvalue weighted by atomic mass is 10.1. The Hall–Kier alpha value is -1.93. The second-order valence-corrected chi connectivity index (χ2v) is 6.20. The lowest BCUT2D eigenvalue weighted by molar-refractivity contribution is -0.702. The van der Waals surface area contributed by atoms with Gasteiger partial charge in [-0.3, -0.25) is 9.59 Å². The molecule has 1 rings (SSSR count). The number of unbranched alkanes of at least 4 members (excludes halogenated alkanes) is 2. The van der Waals surface area contributed by atoms with Crippen molar-refractivity contribution in [2.75, 3.05) is 0 Å². The van der Waals surface area contributed by atoms with Crippen molar-refractivity contribution in [3.63, 3.8) is 0 Å². The van der Waals surface area contributed by atoms with Gasteiger partial charge in [0.05, 0.1) is 13.1 Å². The predicted molar refractivity (Wildman–Crippen MR) is 88.3 cm³/mol. The number of carboxylic acid groups (broad SMARTS) is 2. The summed E-state index contributed by atoms with van der Waals surface area (Å²) < 4.78 is 4.22. The van der Waals surface area contributed by atoms with Crippen LogP contribution in [0.25, 0.3) is 0 Å². The van der Waals surface area contributed by atoms with Crippen LogP contribution in [0.15, 0.2) is 12.5 Å². The summed E-state index contributed by atoms with van der Waals surface area (Å²) in [5, 5.41) is 17.5. The molecule has 8 heteroatoms. The van der Waals surface area contributed by atoms with Crippen LogP contribution in [0.3, 0.4) is 0 Å². The van der Waals surface area contributed by atoms with Crippen LogP contribution >= 0.6 is 0 Å². The minimum atomic E-state index is -0.952. The number of carbonyl (C=O) groups is 2. The van der Waals surface area contributed by atoms with E-state index >= 15 is 0 Å². The summed E-state index contributed by atoms with van der Waals surface area (Å²) in [6.45, 7) is 3.68. The topological polar surface area (TPSA) is 135 Å². The molecule has 0 unspecified atom stereocenters. The first-order valence-corrected chi connectivity index (χ1v) is 8.34. The number of nitrogens with zero attached hydrogens (tertiary/aromatic N) is 2. The number of aliphatic carboxylic acids is 2. The molecule has 0 saturated carbocycles. The third-order valence-electron chi connectivity index (χ3n) is 4.07. The van der Waals surface area contributed by atoms with Gasteiger partial charge in [0, 0.05) is 6.92 Å². The first-order valence-electron chi connectivity index (χ1n) is 8.34. The Morgan fingerprint density at radius 1 is 1.08 bits per heavy atom. The van der Waals surface area contributed by atoms with Gasteiger partial charge in [0.2, 0.25) is 6.33 Å². The third kappa shape index (κ3) is 7.10. The van der Waals surface area contributed by atoms with Crippen LogP contribution in [0.2, 0.25) is 0 Å². The van der Waals surface area contributed by atoms with Gasteiger partial charge in [0.15, 0.2) is 0 Å². The highest BCUT2D eigenvalue weighted by molar-refractivity contribution is 5.73. The summed E-state index contributed by atoms with van der Waals surface area (Å²) >= 11 is 0. The molecule has 0 aliphatic heterocycles. The first kappa shape index (κ1) is 20.1.